The van der Waals surface area contributed by atoms with E-state index in [1.54, 1.807) is 28.8 Å². The van der Waals surface area contributed by atoms with Gasteiger partial charge in [-0.05, 0) is 24.3 Å². The Kier molecular flexibility index (Phi) is 4.87. The van der Waals surface area contributed by atoms with Crippen molar-refractivity contribution in [3.05, 3.63) is 53.2 Å². The molecule has 0 aliphatic carbocycles. The number of aromatic nitrogens is 3. The third-order valence-electron chi connectivity index (χ3n) is 3.20. The number of carbonyl (C=O) groups excluding carboxylic acids is 1. The van der Waals surface area contributed by atoms with Crippen LogP contribution in [0.25, 0.3) is 5.65 Å². The minimum atomic E-state index is -4.62. The fourth-order valence-electron chi connectivity index (χ4n) is 2.11. The number of fused-ring (bicyclic) bond motifs is 1. The monoisotopic (exact) mass is 386 g/mol. The molecule has 3 aromatic rings. The smallest absolute Gasteiger partial charge is 0.324 e. The number of pyridine rings is 1. The average molecular weight is 387 g/mol. The summed E-state index contributed by atoms with van der Waals surface area (Å²) in [5.74, 6) is -0.769. The van der Waals surface area contributed by atoms with Gasteiger partial charge in [0.05, 0.1) is 22.0 Å². The molecule has 3 rings (SSSR count). The summed E-state index contributed by atoms with van der Waals surface area (Å²) in [5, 5.41) is 10.4. The molecule has 0 saturated heterocycles. The normalized spacial score (nSPS) is 11.7. The third-order valence-corrected chi connectivity index (χ3v) is 4.46. The summed E-state index contributed by atoms with van der Waals surface area (Å²) in [6.07, 6.45) is -2.89. The zero-order chi connectivity index (χ0) is 18.0. The molecular weight excluding hydrogens is 377 g/mol. The number of benzene rings is 1. The van der Waals surface area contributed by atoms with Gasteiger partial charge in [0.15, 0.2) is 10.8 Å². The summed E-state index contributed by atoms with van der Waals surface area (Å²) in [6, 6.07) is 8.64. The zero-order valence-electron chi connectivity index (χ0n) is 12.4. The second-order valence-electron chi connectivity index (χ2n) is 4.91. The van der Waals surface area contributed by atoms with Gasteiger partial charge in [0, 0.05) is 6.20 Å². The van der Waals surface area contributed by atoms with Gasteiger partial charge in [-0.15, -0.1) is 10.2 Å². The highest BCUT2D eigenvalue weighted by Crippen LogP contribution is 2.38. The summed E-state index contributed by atoms with van der Waals surface area (Å²) in [5.41, 5.74) is -0.837. The maximum absolute atomic E-state index is 13.0. The lowest BCUT2D eigenvalue weighted by Crippen LogP contribution is -2.18. The Morgan fingerprint density at radius 2 is 2.00 bits per heavy atom. The van der Waals surface area contributed by atoms with Gasteiger partial charge >= 0.3 is 6.18 Å². The van der Waals surface area contributed by atoms with E-state index in [2.05, 4.69) is 15.5 Å². The van der Waals surface area contributed by atoms with Crippen LogP contribution in [0.15, 0.2) is 47.8 Å². The second kappa shape index (κ2) is 6.93. The number of halogens is 4. The number of amides is 1. The molecule has 1 N–H and O–H groups in total. The highest BCUT2D eigenvalue weighted by Gasteiger charge is 2.34. The molecule has 1 amide bonds. The van der Waals surface area contributed by atoms with Gasteiger partial charge in [0.1, 0.15) is 0 Å². The van der Waals surface area contributed by atoms with Crippen molar-refractivity contribution in [1.29, 1.82) is 0 Å². The van der Waals surface area contributed by atoms with Crippen LogP contribution in [0.2, 0.25) is 5.02 Å². The molecule has 0 fully saturated rings. The number of hydrogen-bond acceptors (Lipinski definition) is 4. The van der Waals surface area contributed by atoms with Crippen molar-refractivity contribution in [1.82, 2.24) is 14.6 Å². The van der Waals surface area contributed by atoms with Crippen molar-refractivity contribution in [2.24, 2.45) is 0 Å². The van der Waals surface area contributed by atoms with E-state index >= 15 is 0 Å². The van der Waals surface area contributed by atoms with Crippen LogP contribution >= 0.6 is 23.4 Å². The topological polar surface area (TPSA) is 59.3 Å². The molecule has 0 bridgehead atoms. The Morgan fingerprint density at radius 3 is 2.76 bits per heavy atom. The minimum absolute atomic E-state index is 0.141. The van der Waals surface area contributed by atoms with E-state index in [9.17, 15) is 18.0 Å². The van der Waals surface area contributed by atoms with Crippen molar-refractivity contribution in [2.75, 3.05) is 11.1 Å². The predicted octanol–water partition coefficient (Wildman–Crippen LogP) is 4.13. The molecule has 0 saturated carbocycles. The van der Waals surface area contributed by atoms with E-state index < -0.39 is 23.3 Å². The Morgan fingerprint density at radius 1 is 1.20 bits per heavy atom. The summed E-state index contributed by atoms with van der Waals surface area (Å²) in [6.45, 7) is 0. The average Bonchev–Trinajstić information content (AvgIpc) is 2.97. The minimum Gasteiger partial charge on any atom is -0.324 e. The lowest BCUT2D eigenvalue weighted by molar-refractivity contribution is -0.137. The number of hydrogen-bond donors (Lipinski definition) is 1. The molecule has 0 atom stereocenters. The summed E-state index contributed by atoms with van der Waals surface area (Å²) < 4.78 is 40.8. The Balaban J connectivity index is 1.73. The number of rotatable bonds is 4. The first-order chi connectivity index (χ1) is 11.9. The van der Waals surface area contributed by atoms with Gasteiger partial charge in [-0.25, -0.2) is 0 Å². The molecule has 10 heteroatoms. The van der Waals surface area contributed by atoms with Crippen LogP contribution in [0.4, 0.5) is 18.9 Å². The summed E-state index contributed by atoms with van der Waals surface area (Å²) >= 11 is 6.87. The summed E-state index contributed by atoms with van der Waals surface area (Å²) in [4.78, 5) is 12.1. The lowest BCUT2D eigenvalue weighted by Gasteiger charge is -2.14. The second-order valence-corrected chi connectivity index (χ2v) is 6.26. The van der Waals surface area contributed by atoms with E-state index in [1.165, 1.54) is 12.1 Å². The van der Waals surface area contributed by atoms with Crippen LogP contribution in [-0.2, 0) is 11.0 Å². The maximum Gasteiger partial charge on any atom is 0.418 e. The zero-order valence-corrected chi connectivity index (χ0v) is 14.0. The van der Waals surface area contributed by atoms with Crippen LogP contribution < -0.4 is 5.32 Å². The van der Waals surface area contributed by atoms with E-state index in [0.717, 1.165) is 17.8 Å². The van der Waals surface area contributed by atoms with Gasteiger partial charge in [-0.2, -0.15) is 13.2 Å². The largest absolute Gasteiger partial charge is 0.418 e. The lowest BCUT2D eigenvalue weighted by atomic mass is 10.1. The fraction of sp³-hybridized carbons (Fsp3) is 0.133. The first kappa shape index (κ1) is 17.6. The number of carbonyl (C=O) groups is 1. The maximum atomic E-state index is 13.0. The van der Waals surface area contributed by atoms with Crippen LogP contribution in [0.1, 0.15) is 5.56 Å². The highest BCUT2D eigenvalue weighted by atomic mass is 35.5. The Bertz CT molecular complexity index is 929. The van der Waals surface area contributed by atoms with Crippen LogP contribution in [0, 0.1) is 0 Å². The van der Waals surface area contributed by atoms with Gasteiger partial charge in [-0.1, -0.05) is 35.5 Å². The molecule has 2 heterocycles. The van der Waals surface area contributed by atoms with Gasteiger partial charge in [0.2, 0.25) is 5.91 Å². The van der Waals surface area contributed by atoms with Crippen LogP contribution in [-0.4, -0.2) is 26.3 Å². The SMILES string of the molecule is O=C(CSc1nnc2ccccn12)Nc1c(Cl)cccc1C(F)(F)F. The molecule has 2 aromatic heterocycles. The molecule has 130 valence electrons. The predicted molar refractivity (Wildman–Crippen MR) is 88.8 cm³/mol. The number of nitrogens with zero attached hydrogens (tertiary/aromatic N) is 3. The number of anilines is 1. The van der Waals surface area contributed by atoms with E-state index in [1.807, 2.05) is 0 Å². The fourth-order valence-corrected chi connectivity index (χ4v) is 3.06. The molecule has 0 radical (unpaired) electrons. The van der Waals surface area contributed by atoms with E-state index in [4.69, 9.17) is 11.6 Å². The quantitative estimate of drug-likeness (QED) is 0.685. The van der Waals surface area contributed by atoms with Crippen molar-refractivity contribution in [3.63, 3.8) is 0 Å². The number of para-hydroxylation sites is 1. The van der Waals surface area contributed by atoms with E-state index in [0.29, 0.717) is 10.8 Å². The van der Waals surface area contributed by atoms with Gasteiger partial charge in [0.25, 0.3) is 0 Å². The number of nitrogens with one attached hydrogen (secondary N) is 1. The third kappa shape index (κ3) is 3.88. The van der Waals surface area contributed by atoms with Gasteiger partial charge < -0.3 is 5.32 Å². The Hall–Kier alpha value is -2.26. The molecule has 0 aliphatic heterocycles. The van der Waals surface area contributed by atoms with Crippen LogP contribution in [0.3, 0.4) is 0 Å². The number of thioether (sulfide) groups is 1. The number of alkyl halides is 3. The molecule has 25 heavy (non-hydrogen) atoms. The van der Waals surface area contributed by atoms with E-state index in [-0.39, 0.29) is 10.8 Å². The van der Waals surface area contributed by atoms with Crippen molar-refractivity contribution < 1.29 is 18.0 Å². The first-order valence-corrected chi connectivity index (χ1v) is 8.31. The molecule has 0 aliphatic rings. The standard InChI is InChI=1S/C15H10ClF3N4OS/c16-10-5-3-4-9(15(17,18)19)13(10)20-12(24)8-25-14-22-21-11-6-1-2-7-23(11)14/h1-7H,8H2,(H,20,24). The first-order valence-electron chi connectivity index (χ1n) is 6.94. The van der Waals surface area contributed by atoms with Crippen molar-refractivity contribution in [3.8, 4) is 0 Å². The molecular formula is C15H10ClF3N4OS. The molecule has 5 nitrogen and oxygen atoms in total. The van der Waals surface area contributed by atoms with Crippen molar-refractivity contribution in [2.45, 2.75) is 11.3 Å². The molecule has 0 unspecified atom stereocenters. The van der Waals surface area contributed by atoms with Crippen LogP contribution in [0.5, 0.6) is 0 Å². The highest BCUT2D eigenvalue weighted by molar-refractivity contribution is 7.99. The molecule has 1 aromatic carbocycles. The molecule has 0 spiro atoms. The van der Waals surface area contributed by atoms with Crippen molar-refractivity contribution >= 4 is 40.6 Å². The van der Waals surface area contributed by atoms with Gasteiger partial charge in [-0.3, -0.25) is 9.20 Å². The summed E-state index contributed by atoms with van der Waals surface area (Å²) in [7, 11) is 0. The Labute approximate surface area is 149 Å².